The van der Waals surface area contributed by atoms with Crippen molar-refractivity contribution in [2.24, 2.45) is 22.7 Å². The lowest BCUT2D eigenvalue weighted by Crippen LogP contribution is -2.43. The molecule has 2 rings (SSSR count). The number of unbranched alkanes of at least 4 members (excludes halogenated alkanes) is 1. The Balaban J connectivity index is 2.23. The molecule has 0 radical (unpaired) electrons. The summed E-state index contributed by atoms with van der Waals surface area (Å²) in [5.74, 6) is 1.78. The lowest BCUT2D eigenvalue weighted by atomic mass is 9.53. The van der Waals surface area contributed by atoms with Crippen LogP contribution in [0.3, 0.4) is 0 Å². The van der Waals surface area contributed by atoms with Crippen molar-refractivity contribution in [1.29, 1.82) is 0 Å². The molecule has 4 unspecified atom stereocenters. The summed E-state index contributed by atoms with van der Waals surface area (Å²) < 4.78 is 0. The molecule has 0 aromatic rings. The molecule has 0 saturated heterocycles. The zero-order valence-corrected chi connectivity index (χ0v) is 13.9. The Morgan fingerprint density at radius 1 is 1.32 bits per heavy atom. The zero-order chi connectivity index (χ0) is 14.1. The van der Waals surface area contributed by atoms with Crippen molar-refractivity contribution in [3.8, 4) is 0 Å². The predicted molar refractivity (Wildman–Crippen MR) is 85.2 cm³/mol. The second-order valence-corrected chi connectivity index (χ2v) is 7.69. The van der Waals surface area contributed by atoms with E-state index in [2.05, 4.69) is 40.7 Å². The van der Waals surface area contributed by atoms with Crippen LogP contribution in [0.2, 0.25) is 0 Å². The van der Waals surface area contributed by atoms with Crippen LogP contribution in [0.5, 0.6) is 0 Å². The van der Waals surface area contributed by atoms with Crippen LogP contribution in [0.15, 0.2) is 11.6 Å². The third-order valence-electron chi connectivity index (χ3n) is 7.08. The van der Waals surface area contributed by atoms with Crippen molar-refractivity contribution in [2.45, 2.75) is 86.0 Å². The van der Waals surface area contributed by atoms with E-state index in [4.69, 9.17) is 0 Å². The molecule has 2 fully saturated rings. The quantitative estimate of drug-likeness (QED) is 0.517. The standard InChI is InChI=1S/C19H34/c1-6-8-10-15(3)18(4)14-12-17-16(7-2)11-9-13-19(17,18)5/h7,15,17H,6,8-14H2,1-5H3/b16-7+. The first-order valence-electron chi connectivity index (χ1n) is 8.64. The summed E-state index contributed by atoms with van der Waals surface area (Å²) in [6.07, 6.45) is 13.8. The van der Waals surface area contributed by atoms with Crippen molar-refractivity contribution in [2.75, 3.05) is 0 Å². The second kappa shape index (κ2) is 5.62. The van der Waals surface area contributed by atoms with Crippen molar-refractivity contribution < 1.29 is 0 Å². The molecule has 0 nitrogen and oxygen atoms in total. The molecule has 4 atom stereocenters. The summed E-state index contributed by atoms with van der Waals surface area (Å²) in [7, 11) is 0. The topological polar surface area (TPSA) is 0 Å². The normalized spacial score (nSPS) is 42.4. The van der Waals surface area contributed by atoms with Crippen LogP contribution in [-0.2, 0) is 0 Å². The first kappa shape index (κ1) is 15.1. The van der Waals surface area contributed by atoms with Gasteiger partial charge in [0.05, 0.1) is 0 Å². The van der Waals surface area contributed by atoms with E-state index in [0.29, 0.717) is 10.8 Å². The largest absolute Gasteiger partial charge is 0.0882 e. The minimum absolute atomic E-state index is 0.570. The highest BCUT2D eigenvalue weighted by molar-refractivity contribution is 5.20. The third kappa shape index (κ3) is 2.30. The fourth-order valence-corrected chi connectivity index (χ4v) is 5.32. The van der Waals surface area contributed by atoms with E-state index in [1.54, 1.807) is 5.57 Å². The summed E-state index contributed by atoms with van der Waals surface area (Å²) in [4.78, 5) is 0. The fraction of sp³-hybridized carbons (Fsp3) is 0.895. The smallest absolute Gasteiger partial charge is 0.0144 e. The molecule has 110 valence electrons. The maximum Gasteiger partial charge on any atom is -0.0144 e. The van der Waals surface area contributed by atoms with E-state index >= 15 is 0 Å². The minimum atomic E-state index is 0.570. The average molecular weight is 262 g/mol. The van der Waals surface area contributed by atoms with Crippen LogP contribution in [0.1, 0.15) is 86.0 Å². The molecule has 2 aliphatic rings. The minimum Gasteiger partial charge on any atom is -0.0882 e. The van der Waals surface area contributed by atoms with E-state index in [1.807, 2.05) is 0 Å². The molecule has 0 N–H and O–H groups in total. The van der Waals surface area contributed by atoms with Crippen LogP contribution in [0, 0.1) is 22.7 Å². The predicted octanol–water partition coefficient (Wildman–Crippen LogP) is 6.37. The molecule has 19 heavy (non-hydrogen) atoms. The van der Waals surface area contributed by atoms with Gasteiger partial charge in [0.15, 0.2) is 0 Å². The van der Waals surface area contributed by atoms with Crippen molar-refractivity contribution in [3.63, 3.8) is 0 Å². The highest BCUT2D eigenvalue weighted by Gasteiger charge is 2.57. The summed E-state index contributed by atoms with van der Waals surface area (Å²) in [5.41, 5.74) is 2.92. The molecule has 0 bridgehead atoms. The molecule has 0 aromatic carbocycles. The third-order valence-corrected chi connectivity index (χ3v) is 7.08. The Kier molecular flexibility index (Phi) is 4.48. The first-order valence-corrected chi connectivity index (χ1v) is 8.64. The molecule has 0 heterocycles. The molecule has 0 aromatic heterocycles. The Hall–Kier alpha value is -0.260. The van der Waals surface area contributed by atoms with E-state index in [0.717, 1.165) is 11.8 Å². The number of hydrogen-bond acceptors (Lipinski definition) is 0. The zero-order valence-electron chi connectivity index (χ0n) is 13.9. The van der Waals surface area contributed by atoms with Gasteiger partial charge in [0.1, 0.15) is 0 Å². The molecule has 0 heteroatoms. The lowest BCUT2D eigenvalue weighted by molar-refractivity contribution is 0.00210. The van der Waals surface area contributed by atoms with E-state index in [1.165, 1.54) is 51.4 Å². The molecule has 2 aliphatic carbocycles. The van der Waals surface area contributed by atoms with Gasteiger partial charge in [0.2, 0.25) is 0 Å². The van der Waals surface area contributed by atoms with Crippen LogP contribution in [-0.4, -0.2) is 0 Å². The highest BCUT2D eigenvalue weighted by Crippen LogP contribution is 2.66. The number of rotatable bonds is 4. The fourth-order valence-electron chi connectivity index (χ4n) is 5.32. The molecular weight excluding hydrogens is 228 g/mol. The summed E-state index contributed by atoms with van der Waals surface area (Å²) >= 11 is 0. The SMILES string of the molecule is C/C=C1\CCCC2(C)C1CCC2(C)C(C)CCCC. The molecule has 0 spiro atoms. The van der Waals surface area contributed by atoms with Crippen LogP contribution >= 0.6 is 0 Å². The number of allylic oxidation sites excluding steroid dienone is 2. The van der Waals surface area contributed by atoms with Crippen molar-refractivity contribution >= 4 is 0 Å². The van der Waals surface area contributed by atoms with Gasteiger partial charge in [-0.1, -0.05) is 58.6 Å². The van der Waals surface area contributed by atoms with Crippen LogP contribution in [0.4, 0.5) is 0 Å². The lowest BCUT2D eigenvalue weighted by Gasteiger charge is -2.51. The highest BCUT2D eigenvalue weighted by atomic mass is 14.6. The Bertz CT molecular complexity index is 340. The monoisotopic (exact) mass is 262 g/mol. The average Bonchev–Trinajstić information content (AvgIpc) is 2.69. The first-order chi connectivity index (χ1) is 8.99. The van der Waals surface area contributed by atoms with E-state index in [9.17, 15) is 0 Å². The summed E-state index contributed by atoms with van der Waals surface area (Å²) in [6.45, 7) is 12.4. The Morgan fingerprint density at radius 3 is 2.68 bits per heavy atom. The van der Waals surface area contributed by atoms with Gasteiger partial charge in [-0.15, -0.1) is 0 Å². The van der Waals surface area contributed by atoms with Crippen molar-refractivity contribution in [3.05, 3.63) is 11.6 Å². The van der Waals surface area contributed by atoms with Gasteiger partial charge in [0, 0.05) is 0 Å². The van der Waals surface area contributed by atoms with Gasteiger partial charge in [-0.25, -0.2) is 0 Å². The number of fused-ring (bicyclic) bond motifs is 1. The second-order valence-electron chi connectivity index (χ2n) is 7.69. The van der Waals surface area contributed by atoms with Crippen LogP contribution in [0.25, 0.3) is 0 Å². The number of hydrogen-bond donors (Lipinski definition) is 0. The molecular formula is C19H34. The van der Waals surface area contributed by atoms with Gasteiger partial charge in [-0.05, 0) is 61.7 Å². The van der Waals surface area contributed by atoms with E-state index in [-0.39, 0.29) is 0 Å². The van der Waals surface area contributed by atoms with Gasteiger partial charge in [-0.3, -0.25) is 0 Å². The van der Waals surface area contributed by atoms with Gasteiger partial charge in [-0.2, -0.15) is 0 Å². The van der Waals surface area contributed by atoms with Crippen molar-refractivity contribution in [1.82, 2.24) is 0 Å². The van der Waals surface area contributed by atoms with Gasteiger partial charge in [0.25, 0.3) is 0 Å². The molecule has 0 amide bonds. The molecule has 0 aliphatic heterocycles. The summed E-state index contributed by atoms with van der Waals surface area (Å²) in [6, 6.07) is 0. The van der Waals surface area contributed by atoms with E-state index < -0.39 is 0 Å². The maximum absolute atomic E-state index is 2.62. The van der Waals surface area contributed by atoms with Gasteiger partial charge >= 0.3 is 0 Å². The molecule has 2 saturated carbocycles. The Morgan fingerprint density at radius 2 is 2.05 bits per heavy atom. The van der Waals surface area contributed by atoms with Crippen LogP contribution < -0.4 is 0 Å². The maximum atomic E-state index is 2.62. The van der Waals surface area contributed by atoms with Gasteiger partial charge < -0.3 is 0 Å². The summed E-state index contributed by atoms with van der Waals surface area (Å²) in [5, 5.41) is 0. The Labute approximate surface area is 121 Å².